The van der Waals surface area contributed by atoms with Gasteiger partial charge in [-0.1, -0.05) is 6.07 Å². The van der Waals surface area contributed by atoms with E-state index in [1.54, 1.807) is 0 Å². The van der Waals surface area contributed by atoms with Gasteiger partial charge in [-0.2, -0.15) is 0 Å². The minimum atomic E-state index is 0.807. The van der Waals surface area contributed by atoms with Crippen LogP contribution in [0.1, 0.15) is 17.0 Å². The van der Waals surface area contributed by atoms with Crippen molar-refractivity contribution in [3.8, 4) is 0 Å². The molecule has 1 N–H and O–H groups in total. The zero-order valence-corrected chi connectivity index (χ0v) is 11.5. The van der Waals surface area contributed by atoms with Crippen molar-refractivity contribution in [1.82, 2.24) is 20.2 Å². The molecule has 0 radical (unpaired) electrons. The van der Waals surface area contributed by atoms with E-state index < -0.39 is 0 Å². The molecule has 2 rings (SSSR count). The minimum Gasteiger partial charge on any atom is -0.314 e. The van der Waals surface area contributed by atoms with Crippen molar-refractivity contribution in [3.63, 3.8) is 0 Å². The van der Waals surface area contributed by atoms with E-state index in [2.05, 4.69) is 39.4 Å². The number of pyridine rings is 2. The Morgan fingerprint density at radius 2 is 1.79 bits per heavy atom. The van der Waals surface area contributed by atoms with Gasteiger partial charge in [0.15, 0.2) is 0 Å². The van der Waals surface area contributed by atoms with Crippen molar-refractivity contribution in [2.24, 2.45) is 0 Å². The van der Waals surface area contributed by atoms with Crippen LogP contribution in [-0.4, -0.2) is 29.0 Å². The predicted octanol–water partition coefficient (Wildman–Crippen LogP) is 1.83. The highest BCUT2D eigenvalue weighted by Crippen LogP contribution is 2.06. The van der Waals surface area contributed by atoms with Crippen LogP contribution < -0.4 is 5.32 Å². The molecule has 2 aromatic rings. The topological polar surface area (TPSA) is 41.0 Å². The standard InChI is InChI=1S/C15H20N4/c1-16-10-14-4-3-5-15(18-14)12-19(2)11-13-6-8-17-9-7-13/h3-9,16H,10-12H2,1-2H3. The zero-order valence-electron chi connectivity index (χ0n) is 11.5. The Labute approximate surface area is 114 Å². The second-order valence-corrected chi connectivity index (χ2v) is 4.68. The molecule has 100 valence electrons. The summed E-state index contributed by atoms with van der Waals surface area (Å²) in [5.74, 6) is 0. The van der Waals surface area contributed by atoms with E-state index in [9.17, 15) is 0 Å². The van der Waals surface area contributed by atoms with E-state index in [4.69, 9.17) is 0 Å². The molecule has 0 fully saturated rings. The van der Waals surface area contributed by atoms with Crippen LogP contribution in [-0.2, 0) is 19.6 Å². The molecular formula is C15H20N4. The number of hydrogen-bond donors (Lipinski definition) is 1. The summed E-state index contributed by atoms with van der Waals surface area (Å²) < 4.78 is 0. The Kier molecular flexibility index (Phi) is 5.01. The fourth-order valence-corrected chi connectivity index (χ4v) is 2.03. The van der Waals surface area contributed by atoms with Crippen LogP contribution in [0.5, 0.6) is 0 Å². The Morgan fingerprint density at radius 1 is 1.05 bits per heavy atom. The maximum Gasteiger partial charge on any atom is 0.0547 e. The summed E-state index contributed by atoms with van der Waals surface area (Å²) in [5.41, 5.74) is 3.45. The molecule has 0 unspecified atom stereocenters. The average molecular weight is 256 g/mol. The molecule has 4 heteroatoms. The maximum absolute atomic E-state index is 4.63. The Bertz CT molecular complexity index is 499. The van der Waals surface area contributed by atoms with E-state index in [0.717, 1.165) is 31.0 Å². The quantitative estimate of drug-likeness (QED) is 0.856. The van der Waals surface area contributed by atoms with Gasteiger partial charge in [-0.3, -0.25) is 14.9 Å². The van der Waals surface area contributed by atoms with Gasteiger partial charge >= 0.3 is 0 Å². The van der Waals surface area contributed by atoms with E-state index in [1.807, 2.05) is 37.6 Å². The number of rotatable bonds is 6. The molecule has 0 atom stereocenters. The zero-order chi connectivity index (χ0) is 13.5. The average Bonchev–Trinajstić information content (AvgIpc) is 2.40. The van der Waals surface area contributed by atoms with Crippen molar-refractivity contribution in [2.45, 2.75) is 19.6 Å². The van der Waals surface area contributed by atoms with E-state index in [-0.39, 0.29) is 0 Å². The molecule has 0 aliphatic rings. The van der Waals surface area contributed by atoms with Crippen molar-refractivity contribution in [2.75, 3.05) is 14.1 Å². The molecule has 0 amide bonds. The second-order valence-electron chi connectivity index (χ2n) is 4.68. The van der Waals surface area contributed by atoms with Crippen LogP contribution in [0.15, 0.2) is 42.7 Å². The molecule has 4 nitrogen and oxygen atoms in total. The van der Waals surface area contributed by atoms with Crippen LogP contribution in [0.2, 0.25) is 0 Å². The predicted molar refractivity (Wildman–Crippen MR) is 76.4 cm³/mol. The van der Waals surface area contributed by atoms with Crippen LogP contribution in [0.25, 0.3) is 0 Å². The van der Waals surface area contributed by atoms with Crippen LogP contribution in [0, 0.1) is 0 Å². The molecule has 0 aliphatic heterocycles. The monoisotopic (exact) mass is 256 g/mol. The summed E-state index contributed by atoms with van der Waals surface area (Å²) in [4.78, 5) is 10.9. The summed E-state index contributed by atoms with van der Waals surface area (Å²) in [5, 5.41) is 3.12. The number of hydrogen-bond acceptors (Lipinski definition) is 4. The van der Waals surface area contributed by atoms with E-state index >= 15 is 0 Å². The van der Waals surface area contributed by atoms with Crippen molar-refractivity contribution >= 4 is 0 Å². The van der Waals surface area contributed by atoms with Crippen LogP contribution in [0.4, 0.5) is 0 Å². The SMILES string of the molecule is CNCc1cccc(CN(C)Cc2ccncc2)n1. The lowest BCUT2D eigenvalue weighted by atomic mass is 10.2. The van der Waals surface area contributed by atoms with E-state index in [1.165, 1.54) is 5.56 Å². The summed E-state index contributed by atoms with van der Waals surface area (Å²) >= 11 is 0. The van der Waals surface area contributed by atoms with Gasteiger partial charge in [-0.05, 0) is 43.9 Å². The van der Waals surface area contributed by atoms with Crippen LogP contribution >= 0.6 is 0 Å². The van der Waals surface area contributed by atoms with Crippen molar-refractivity contribution in [3.05, 3.63) is 59.7 Å². The fraction of sp³-hybridized carbons (Fsp3) is 0.333. The first kappa shape index (κ1) is 13.6. The van der Waals surface area contributed by atoms with Crippen molar-refractivity contribution < 1.29 is 0 Å². The normalized spacial score (nSPS) is 10.9. The largest absolute Gasteiger partial charge is 0.314 e. The minimum absolute atomic E-state index is 0.807. The first-order chi connectivity index (χ1) is 9.28. The van der Waals surface area contributed by atoms with Gasteiger partial charge in [0.1, 0.15) is 0 Å². The lowest BCUT2D eigenvalue weighted by Crippen LogP contribution is -2.18. The fourth-order valence-electron chi connectivity index (χ4n) is 2.03. The number of nitrogens with zero attached hydrogens (tertiary/aromatic N) is 3. The van der Waals surface area contributed by atoms with Crippen LogP contribution in [0.3, 0.4) is 0 Å². The Hall–Kier alpha value is -1.78. The lowest BCUT2D eigenvalue weighted by Gasteiger charge is -2.16. The molecule has 0 bridgehead atoms. The third-order valence-corrected chi connectivity index (χ3v) is 2.86. The van der Waals surface area contributed by atoms with Gasteiger partial charge in [0.05, 0.1) is 11.4 Å². The summed E-state index contributed by atoms with van der Waals surface area (Å²) in [7, 11) is 4.04. The van der Waals surface area contributed by atoms with Gasteiger partial charge in [-0.15, -0.1) is 0 Å². The second kappa shape index (κ2) is 6.97. The lowest BCUT2D eigenvalue weighted by molar-refractivity contribution is 0.314. The first-order valence-electron chi connectivity index (χ1n) is 6.45. The van der Waals surface area contributed by atoms with Gasteiger partial charge < -0.3 is 5.32 Å². The molecular weight excluding hydrogens is 236 g/mol. The number of nitrogens with one attached hydrogen (secondary N) is 1. The number of aromatic nitrogens is 2. The van der Waals surface area contributed by atoms with Gasteiger partial charge in [-0.25, -0.2) is 0 Å². The van der Waals surface area contributed by atoms with Gasteiger partial charge in [0.2, 0.25) is 0 Å². The Morgan fingerprint density at radius 3 is 2.53 bits per heavy atom. The molecule has 0 aromatic carbocycles. The summed E-state index contributed by atoms with van der Waals surface area (Å²) in [6.07, 6.45) is 3.66. The molecule has 0 spiro atoms. The molecule has 2 aromatic heterocycles. The molecule has 19 heavy (non-hydrogen) atoms. The molecule has 0 aliphatic carbocycles. The smallest absolute Gasteiger partial charge is 0.0547 e. The highest BCUT2D eigenvalue weighted by Gasteiger charge is 2.03. The molecule has 2 heterocycles. The highest BCUT2D eigenvalue weighted by molar-refractivity contribution is 5.12. The van der Waals surface area contributed by atoms with Crippen molar-refractivity contribution in [1.29, 1.82) is 0 Å². The van der Waals surface area contributed by atoms with Gasteiger partial charge in [0, 0.05) is 32.0 Å². The van der Waals surface area contributed by atoms with E-state index in [0.29, 0.717) is 0 Å². The third-order valence-electron chi connectivity index (χ3n) is 2.86. The molecule has 0 saturated heterocycles. The van der Waals surface area contributed by atoms with Gasteiger partial charge in [0.25, 0.3) is 0 Å². The molecule has 0 saturated carbocycles. The first-order valence-corrected chi connectivity index (χ1v) is 6.45. The highest BCUT2D eigenvalue weighted by atomic mass is 15.1. The summed E-state index contributed by atoms with van der Waals surface area (Å²) in [6, 6.07) is 10.3. The third kappa shape index (κ3) is 4.43. The summed E-state index contributed by atoms with van der Waals surface area (Å²) in [6.45, 7) is 2.56. The maximum atomic E-state index is 4.63. The Balaban J connectivity index is 1.95.